The molecule has 0 atom stereocenters. The Kier molecular flexibility index (Phi) is 10.9. The van der Waals surface area contributed by atoms with Crippen LogP contribution in [0.4, 0.5) is 4.79 Å². The molecule has 2 rings (SSSR count). The second-order valence-electron chi connectivity index (χ2n) is 9.52. The third kappa shape index (κ3) is 10.1. The number of rotatable bonds is 10. The van der Waals surface area contributed by atoms with Gasteiger partial charge in [-0.2, -0.15) is 0 Å². The Bertz CT molecular complexity index is 490. The average Bonchev–Trinajstić information content (AvgIpc) is 2.71. The molecule has 0 aromatic rings. The molecule has 0 aromatic heterocycles. The van der Waals surface area contributed by atoms with Gasteiger partial charge in [-0.1, -0.05) is 38.5 Å². The van der Waals surface area contributed by atoms with Crippen molar-refractivity contribution in [1.29, 1.82) is 0 Å². The summed E-state index contributed by atoms with van der Waals surface area (Å²) < 4.78 is 16.0. The highest BCUT2D eigenvalue weighted by Gasteiger charge is 2.30. The minimum absolute atomic E-state index is 0.151. The number of nitrogens with zero attached hydrogens (tertiary/aromatic N) is 1. The molecule has 0 aliphatic heterocycles. The van der Waals surface area contributed by atoms with E-state index in [4.69, 9.17) is 14.2 Å². The number of carbonyl (C=O) groups excluding carboxylic acids is 2. The number of esters is 1. The minimum Gasteiger partial charge on any atom is -0.462 e. The summed E-state index contributed by atoms with van der Waals surface area (Å²) in [6.45, 7) is 7.15. The van der Waals surface area contributed by atoms with Crippen molar-refractivity contribution in [3.05, 3.63) is 0 Å². The van der Waals surface area contributed by atoms with Gasteiger partial charge in [-0.05, 0) is 46.5 Å². The van der Waals surface area contributed by atoms with Crippen LogP contribution in [0.3, 0.4) is 0 Å². The lowest BCUT2D eigenvalue weighted by Crippen LogP contribution is -2.48. The molecule has 7 heteroatoms. The van der Waals surface area contributed by atoms with Gasteiger partial charge < -0.3 is 19.5 Å². The minimum atomic E-state index is -0.512. The van der Waals surface area contributed by atoms with Crippen LogP contribution < -0.4 is 5.32 Å². The van der Waals surface area contributed by atoms with Crippen LogP contribution in [0.5, 0.6) is 0 Å². The third-order valence-corrected chi connectivity index (χ3v) is 5.80. The molecule has 1 N–H and O–H groups in total. The Balaban J connectivity index is 1.61. The van der Waals surface area contributed by atoms with E-state index < -0.39 is 11.7 Å². The van der Waals surface area contributed by atoms with Crippen LogP contribution in [0.1, 0.15) is 85.0 Å². The Hall–Kier alpha value is -1.34. The SMILES string of the molecule is CC(C)(C)OC(=O)NCCOCCOC(=O)CN(C1CCCCC1)C1CCCCC1. The van der Waals surface area contributed by atoms with Crippen molar-refractivity contribution >= 4 is 12.1 Å². The zero-order valence-corrected chi connectivity index (χ0v) is 19.2. The van der Waals surface area contributed by atoms with Crippen molar-refractivity contribution < 1.29 is 23.8 Å². The summed E-state index contributed by atoms with van der Waals surface area (Å²) in [4.78, 5) is 26.4. The van der Waals surface area contributed by atoms with Gasteiger partial charge in [0.05, 0.1) is 19.8 Å². The maximum atomic E-state index is 12.5. The second-order valence-corrected chi connectivity index (χ2v) is 9.52. The molecule has 2 saturated carbocycles. The molecular weight excluding hydrogens is 384 g/mol. The fourth-order valence-electron chi connectivity index (χ4n) is 4.43. The van der Waals surface area contributed by atoms with Crippen LogP contribution >= 0.6 is 0 Å². The van der Waals surface area contributed by atoms with E-state index in [9.17, 15) is 9.59 Å². The molecule has 0 bridgehead atoms. The second kappa shape index (κ2) is 13.2. The highest BCUT2D eigenvalue weighted by molar-refractivity contribution is 5.71. The van der Waals surface area contributed by atoms with E-state index in [1.54, 1.807) is 0 Å². The van der Waals surface area contributed by atoms with Gasteiger partial charge in [-0.15, -0.1) is 0 Å². The van der Waals surface area contributed by atoms with Gasteiger partial charge in [-0.3, -0.25) is 9.69 Å². The van der Waals surface area contributed by atoms with E-state index in [0.29, 0.717) is 38.4 Å². The summed E-state index contributed by atoms with van der Waals surface area (Å²) in [6.07, 6.45) is 12.1. The molecule has 0 radical (unpaired) electrons. The Morgan fingerprint density at radius 3 is 1.97 bits per heavy atom. The smallest absolute Gasteiger partial charge is 0.407 e. The first-order chi connectivity index (χ1) is 14.3. The van der Waals surface area contributed by atoms with Gasteiger partial charge in [0.15, 0.2) is 0 Å². The number of alkyl carbamates (subject to hydrolysis) is 1. The molecule has 0 heterocycles. The number of hydrogen-bond donors (Lipinski definition) is 1. The maximum absolute atomic E-state index is 12.5. The van der Waals surface area contributed by atoms with Crippen molar-refractivity contribution in [1.82, 2.24) is 10.2 Å². The monoisotopic (exact) mass is 426 g/mol. The zero-order chi connectivity index (χ0) is 21.8. The Morgan fingerprint density at radius 2 is 1.43 bits per heavy atom. The van der Waals surface area contributed by atoms with E-state index in [-0.39, 0.29) is 12.6 Å². The van der Waals surface area contributed by atoms with E-state index >= 15 is 0 Å². The molecule has 1 amide bonds. The molecule has 7 nitrogen and oxygen atoms in total. The summed E-state index contributed by atoms with van der Waals surface area (Å²) in [7, 11) is 0. The standard InChI is InChI=1S/C23H42N2O5/c1-23(2,3)30-22(27)24-14-15-28-16-17-29-21(26)18-25(19-10-6-4-7-11-19)20-12-8-5-9-13-20/h19-20H,4-18H2,1-3H3,(H,24,27). The molecule has 174 valence electrons. The summed E-state index contributed by atoms with van der Waals surface area (Å²) in [5, 5.41) is 2.64. The third-order valence-electron chi connectivity index (χ3n) is 5.80. The Labute approximate surface area is 182 Å². The van der Waals surface area contributed by atoms with Crippen molar-refractivity contribution in [3.8, 4) is 0 Å². The molecule has 2 fully saturated rings. The van der Waals surface area contributed by atoms with Crippen LogP contribution in [0.15, 0.2) is 0 Å². The van der Waals surface area contributed by atoms with Gasteiger partial charge in [0.2, 0.25) is 0 Å². The van der Waals surface area contributed by atoms with Crippen molar-refractivity contribution in [2.45, 2.75) is 103 Å². The lowest BCUT2D eigenvalue weighted by molar-refractivity contribution is -0.148. The largest absolute Gasteiger partial charge is 0.462 e. The van der Waals surface area contributed by atoms with Crippen LogP contribution in [0.25, 0.3) is 0 Å². The summed E-state index contributed by atoms with van der Waals surface area (Å²) in [5.74, 6) is -0.151. The quantitative estimate of drug-likeness (QED) is 0.420. The van der Waals surface area contributed by atoms with Crippen LogP contribution in [-0.4, -0.2) is 67.6 Å². The van der Waals surface area contributed by atoms with E-state index in [2.05, 4.69) is 10.2 Å². The van der Waals surface area contributed by atoms with Crippen molar-refractivity contribution in [2.24, 2.45) is 0 Å². The number of hydrogen-bond acceptors (Lipinski definition) is 6. The summed E-state index contributed by atoms with van der Waals surface area (Å²) in [6, 6.07) is 1.06. The molecule has 0 spiro atoms. The van der Waals surface area contributed by atoms with Gasteiger partial charge in [0.25, 0.3) is 0 Å². The molecule has 0 aromatic carbocycles. The van der Waals surface area contributed by atoms with E-state index in [0.717, 1.165) is 0 Å². The number of amides is 1. The van der Waals surface area contributed by atoms with Gasteiger partial charge in [0, 0.05) is 18.6 Å². The fourth-order valence-corrected chi connectivity index (χ4v) is 4.43. The molecule has 30 heavy (non-hydrogen) atoms. The highest BCUT2D eigenvalue weighted by Crippen LogP contribution is 2.30. The molecule has 0 saturated heterocycles. The lowest BCUT2D eigenvalue weighted by atomic mass is 9.88. The number of nitrogens with one attached hydrogen (secondary N) is 1. The molecular formula is C23H42N2O5. The van der Waals surface area contributed by atoms with Crippen molar-refractivity contribution in [2.75, 3.05) is 32.9 Å². The Morgan fingerprint density at radius 1 is 0.867 bits per heavy atom. The lowest BCUT2D eigenvalue weighted by Gasteiger charge is -2.41. The van der Waals surface area contributed by atoms with E-state index in [1.807, 2.05) is 20.8 Å². The highest BCUT2D eigenvalue weighted by atomic mass is 16.6. The maximum Gasteiger partial charge on any atom is 0.407 e. The first kappa shape index (κ1) is 24.9. The molecule has 0 unspecified atom stereocenters. The predicted molar refractivity (Wildman–Crippen MR) is 116 cm³/mol. The summed E-state index contributed by atoms with van der Waals surface area (Å²) in [5.41, 5.74) is -0.512. The van der Waals surface area contributed by atoms with Crippen LogP contribution in [0.2, 0.25) is 0 Å². The van der Waals surface area contributed by atoms with Gasteiger partial charge in [-0.25, -0.2) is 4.79 Å². The number of ether oxygens (including phenoxy) is 3. The molecule has 2 aliphatic carbocycles. The molecule has 2 aliphatic rings. The summed E-state index contributed by atoms with van der Waals surface area (Å²) >= 11 is 0. The normalized spacial score (nSPS) is 18.9. The van der Waals surface area contributed by atoms with Gasteiger partial charge in [0.1, 0.15) is 12.2 Å². The van der Waals surface area contributed by atoms with E-state index in [1.165, 1.54) is 64.2 Å². The fraction of sp³-hybridized carbons (Fsp3) is 0.913. The van der Waals surface area contributed by atoms with Crippen LogP contribution in [0, 0.1) is 0 Å². The average molecular weight is 427 g/mol. The topological polar surface area (TPSA) is 77.1 Å². The van der Waals surface area contributed by atoms with Crippen molar-refractivity contribution in [3.63, 3.8) is 0 Å². The first-order valence-corrected chi connectivity index (χ1v) is 11.8. The van der Waals surface area contributed by atoms with Crippen LogP contribution in [-0.2, 0) is 19.0 Å². The zero-order valence-electron chi connectivity index (χ0n) is 19.2. The predicted octanol–water partition coefficient (Wildman–Crippen LogP) is 4.04. The first-order valence-electron chi connectivity index (χ1n) is 11.8. The number of carbonyl (C=O) groups is 2. The van der Waals surface area contributed by atoms with Gasteiger partial charge >= 0.3 is 12.1 Å².